The Morgan fingerprint density at radius 1 is 1.50 bits per heavy atom. The smallest absolute Gasteiger partial charge is 0.353 e. The summed E-state index contributed by atoms with van der Waals surface area (Å²) in [7, 11) is 0. The van der Waals surface area contributed by atoms with E-state index >= 15 is 0 Å². The van der Waals surface area contributed by atoms with Crippen LogP contribution in [0.25, 0.3) is 0 Å². The van der Waals surface area contributed by atoms with Crippen LogP contribution in [-0.4, -0.2) is 22.0 Å². The van der Waals surface area contributed by atoms with Gasteiger partial charge in [0.2, 0.25) is 0 Å². The van der Waals surface area contributed by atoms with E-state index in [0.717, 1.165) is 6.07 Å². The molecule has 0 atom stereocenters. The number of carboxylic acids is 1. The maximum Gasteiger partial charge on any atom is 0.353 e. The third-order valence-electron chi connectivity index (χ3n) is 1.47. The van der Waals surface area contributed by atoms with Gasteiger partial charge in [0.25, 0.3) is 11.5 Å². The van der Waals surface area contributed by atoms with Gasteiger partial charge in [-0.3, -0.25) is 9.59 Å². The Hall–Kier alpha value is -1.63. The average molecular weight is 261 g/mol. The van der Waals surface area contributed by atoms with Gasteiger partial charge in [-0.2, -0.15) is 0 Å². The van der Waals surface area contributed by atoms with Gasteiger partial charge >= 0.3 is 5.97 Å². The zero-order valence-electron chi connectivity index (χ0n) is 6.70. The quantitative estimate of drug-likeness (QED) is 0.691. The summed E-state index contributed by atoms with van der Waals surface area (Å²) in [4.78, 5) is 34.3. The molecule has 0 aliphatic carbocycles. The van der Waals surface area contributed by atoms with Crippen molar-refractivity contribution in [3.63, 3.8) is 0 Å². The second-order valence-electron chi connectivity index (χ2n) is 2.40. The normalized spacial score (nSPS) is 9.79. The van der Waals surface area contributed by atoms with Crippen molar-refractivity contribution in [1.29, 1.82) is 0 Å². The van der Waals surface area contributed by atoms with Gasteiger partial charge in [0.05, 0.1) is 0 Å². The van der Waals surface area contributed by atoms with E-state index in [2.05, 4.69) is 15.9 Å². The highest BCUT2D eigenvalue weighted by atomic mass is 79.9. The number of carbonyl (C=O) groups excluding carboxylic acids is 1. The van der Waals surface area contributed by atoms with Crippen LogP contribution in [0.2, 0.25) is 0 Å². The maximum atomic E-state index is 11.1. The van der Waals surface area contributed by atoms with Crippen molar-refractivity contribution in [3.05, 3.63) is 32.2 Å². The highest BCUT2D eigenvalue weighted by Gasteiger charge is 2.14. The summed E-state index contributed by atoms with van der Waals surface area (Å²) in [5.74, 6) is -2.21. The van der Waals surface area contributed by atoms with E-state index in [9.17, 15) is 14.4 Å². The van der Waals surface area contributed by atoms with Crippen molar-refractivity contribution < 1.29 is 14.7 Å². The molecule has 74 valence electrons. The van der Waals surface area contributed by atoms with E-state index in [0.29, 0.717) is 0 Å². The number of nitrogens with one attached hydrogen (secondary N) is 1. The van der Waals surface area contributed by atoms with Crippen molar-refractivity contribution >= 4 is 27.8 Å². The van der Waals surface area contributed by atoms with Crippen LogP contribution in [0.5, 0.6) is 0 Å². The van der Waals surface area contributed by atoms with Crippen LogP contribution >= 0.6 is 15.9 Å². The molecule has 1 heterocycles. The first-order valence-corrected chi connectivity index (χ1v) is 4.18. The lowest BCUT2D eigenvalue weighted by atomic mass is 10.2. The summed E-state index contributed by atoms with van der Waals surface area (Å²) in [5.41, 5.74) is 3.45. The Morgan fingerprint density at radius 3 is 2.50 bits per heavy atom. The molecule has 0 bridgehead atoms. The lowest BCUT2D eigenvalue weighted by molar-refractivity contribution is 0.0688. The van der Waals surface area contributed by atoms with Crippen molar-refractivity contribution in [1.82, 2.24) is 4.98 Å². The van der Waals surface area contributed by atoms with Crippen LogP contribution in [0.3, 0.4) is 0 Å². The Bertz CT molecular complexity index is 465. The molecule has 0 unspecified atom stereocenters. The Labute approximate surface area is 85.9 Å². The molecular weight excluding hydrogens is 256 g/mol. The summed E-state index contributed by atoms with van der Waals surface area (Å²) in [6.45, 7) is 0. The Kier molecular flexibility index (Phi) is 2.70. The fourth-order valence-corrected chi connectivity index (χ4v) is 1.34. The predicted octanol–water partition coefficient (Wildman–Crippen LogP) is -0.0655. The number of carbonyl (C=O) groups is 2. The van der Waals surface area contributed by atoms with Crippen LogP contribution in [-0.2, 0) is 0 Å². The molecule has 0 aromatic carbocycles. The monoisotopic (exact) mass is 260 g/mol. The van der Waals surface area contributed by atoms with Gasteiger partial charge in [0, 0.05) is 4.47 Å². The van der Waals surface area contributed by atoms with Crippen LogP contribution < -0.4 is 11.3 Å². The molecule has 0 radical (unpaired) electrons. The van der Waals surface area contributed by atoms with E-state index < -0.39 is 17.4 Å². The third kappa shape index (κ3) is 1.82. The molecule has 1 aromatic heterocycles. The number of H-pyrrole nitrogens is 1. The molecule has 0 aliphatic rings. The zero-order valence-corrected chi connectivity index (χ0v) is 8.29. The lowest BCUT2D eigenvalue weighted by Gasteiger charge is -2.00. The number of primary amides is 1. The van der Waals surface area contributed by atoms with Crippen LogP contribution in [0.4, 0.5) is 0 Å². The zero-order chi connectivity index (χ0) is 10.9. The minimum absolute atomic E-state index is 0.0957. The molecule has 14 heavy (non-hydrogen) atoms. The number of aromatic amines is 1. The molecule has 1 amide bonds. The maximum absolute atomic E-state index is 11.1. The first kappa shape index (κ1) is 10.5. The molecule has 7 heteroatoms. The minimum Gasteiger partial charge on any atom is -0.477 e. The number of pyridine rings is 1. The van der Waals surface area contributed by atoms with Gasteiger partial charge in [-0.25, -0.2) is 4.79 Å². The van der Waals surface area contributed by atoms with Gasteiger partial charge in [0.15, 0.2) is 0 Å². The summed E-state index contributed by atoms with van der Waals surface area (Å²) in [5, 5.41) is 8.60. The summed E-state index contributed by atoms with van der Waals surface area (Å²) in [6.07, 6.45) is 0. The topological polar surface area (TPSA) is 113 Å². The number of hydrogen-bond donors (Lipinski definition) is 3. The second-order valence-corrected chi connectivity index (χ2v) is 3.26. The van der Waals surface area contributed by atoms with E-state index in [-0.39, 0.29) is 15.7 Å². The average Bonchev–Trinajstić information content (AvgIpc) is 2.07. The molecule has 0 aliphatic heterocycles. The highest BCUT2D eigenvalue weighted by molar-refractivity contribution is 9.10. The van der Waals surface area contributed by atoms with E-state index in [4.69, 9.17) is 10.8 Å². The number of hydrogen-bond acceptors (Lipinski definition) is 3. The standard InChI is InChI=1S/C7H5BrN2O4/c8-3-1-2(5(9)11)6(12)10-4(3)7(13)14/h1H,(H2,9,11)(H,10,12)(H,13,14). The number of halogens is 1. The summed E-state index contributed by atoms with van der Waals surface area (Å²) < 4.78 is 0.0957. The fraction of sp³-hybridized carbons (Fsp3) is 0. The number of carboxylic acid groups (broad SMARTS) is 1. The largest absolute Gasteiger partial charge is 0.477 e. The molecule has 1 aromatic rings. The molecule has 1 rings (SSSR count). The Morgan fingerprint density at radius 2 is 2.07 bits per heavy atom. The van der Waals surface area contributed by atoms with Crippen molar-refractivity contribution in [2.24, 2.45) is 5.73 Å². The first-order valence-electron chi connectivity index (χ1n) is 3.39. The van der Waals surface area contributed by atoms with Crippen molar-refractivity contribution in [2.45, 2.75) is 0 Å². The number of nitrogens with two attached hydrogens (primary N) is 1. The number of aromatic carboxylic acids is 1. The van der Waals surface area contributed by atoms with E-state index in [1.807, 2.05) is 4.98 Å². The number of rotatable bonds is 2. The van der Waals surface area contributed by atoms with Gasteiger partial charge in [-0.05, 0) is 22.0 Å². The lowest BCUT2D eigenvalue weighted by Crippen LogP contribution is -2.25. The summed E-state index contributed by atoms with van der Waals surface area (Å²) in [6, 6.07) is 1.07. The van der Waals surface area contributed by atoms with Crippen molar-refractivity contribution in [2.75, 3.05) is 0 Å². The van der Waals surface area contributed by atoms with Crippen molar-refractivity contribution in [3.8, 4) is 0 Å². The SMILES string of the molecule is NC(=O)c1cc(Br)c(C(=O)O)[nH]c1=O. The van der Waals surface area contributed by atoms with Crippen LogP contribution in [0, 0.1) is 0 Å². The van der Waals surface area contributed by atoms with E-state index in [1.165, 1.54) is 0 Å². The number of aromatic nitrogens is 1. The Balaban J connectivity index is 3.46. The third-order valence-corrected chi connectivity index (χ3v) is 2.10. The molecule has 0 fully saturated rings. The fourth-order valence-electron chi connectivity index (χ4n) is 0.844. The molecule has 4 N–H and O–H groups in total. The number of amides is 1. The first-order chi connectivity index (χ1) is 6.43. The van der Waals surface area contributed by atoms with Gasteiger partial charge < -0.3 is 15.8 Å². The van der Waals surface area contributed by atoms with Gasteiger partial charge in [-0.1, -0.05) is 0 Å². The summed E-state index contributed by atoms with van der Waals surface area (Å²) >= 11 is 2.89. The molecule has 0 saturated carbocycles. The highest BCUT2D eigenvalue weighted by Crippen LogP contribution is 2.13. The van der Waals surface area contributed by atoms with E-state index in [1.54, 1.807) is 0 Å². The molecule has 0 saturated heterocycles. The molecule has 0 spiro atoms. The van der Waals surface area contributed by atoms with Gasteiger partial charge in [0.1, 0.15) is 11.3 Å². The van der Waals surface area contributed by atoms with Crippen LogP contribution in [0.1, 0.15) is 20.8 Å². The molecular formula is C7H5BrN2O4. The molecule has 6 nitrogen and oxygen atoms in total. The van der Waals surface area contributed by atoms with Crippen LogP contribution in [0.15, 0.2) is 15.3 Å². The second kappa shape index (κ2) is 3.62. The minimum atomic E-state index is -1.30. The van der Waals surface area contributed by atoms with Gasteiger partial charge in [-0.15, -0.1) is 0 Å². The predicted molar refractivity (Wildman–Crippen MR) is 50.2 cm³/mol.